The lowest BCUT2D eigenvalue weighted by Gasteiger charge is -2.16. The van der Waals surface area contributed by atoms with Crippen LogP contribution in [0.2, 0.25) is 0 Å². The van der Waals surface area contributed by atoms with Crippen molar-refractivity contribution in [2.24, 2.45) is 0 Å². The molecule has 0 unspecified atom stereocenters. The van der Waals surface area contributed by atoms with Gasteiger partial charge >= 0.3 is 0 Å². The molecular weight excluding hydrogens is 322 g/mol. The molecule has 3 rings (SSSR count). The number of carbonyl (C=O) groups is 1. The van der Waals surface area contributed by atoms with Crippen LogP contribution < -0.4 is 5.32 Å². The van der Waals surface area contributed by atoms with Crippen LogP contribution in [0.5, 0.6) is 0 Å². The number of benzene rings is 1. The number of hydrogen-bond donors (Lipinski definition) is 1. The Kier molecular flexibility index (Phi) is 4.35. The smallest absolute Gasteiger partial charge is 0.258 e. The van der Waals surface area contributed by atoms with Gasteiger partial charge in [0.05, 0.1) is 5.56 Å². The van der Waals surface area contributed by atoms with Crippen molar-refractivity contribution >= 4 is 23.1 Å². The first kappa shape index (κ1) is 16.2. The minimum Gasteiger partial charge on any atom is -0.322 e. The van der Waals surface area contributed by atoms with Gasteiger partial charge < -0.3 is 5.32 Å². The monoisotopic (exact) mass is 339 g/mol. The minimum absolute atomic E-state index is 0.148. The molecule has 2 aromatic heterocycles. The molecule has 0 saturated carbocycles. The predicted molar refractivity (Wildman–Crippen MR) is 94.0 cm³/mol. The van der Waals surface area contributed by atoms with Crippen LogP contribution >= 0.6 is 11.5 Å². The molecule has 0 aliphatic heterocycles. The number of nitrogens with one attached hydrogen (secondary N) is 1. The number of hydrogen-bond acceptors (Lipinski definition) is 6. The summed E-state index contributed by atoms with van der Waals surface area (Å²) in [5.74, 6) is 0.459. The molecule has 0 radical (unpaired) electrons. The SMILES string of the molecule is CC(C)(C)c1ncc(C(=O)Nc2cccc(-c3csnn3)c2)cn1. The van der Waals surface area contributed by atoms with Gasteiger partial charge in [0.15, 0.2) is 0 Å². The zero-order valence-electron chi connectivity index (χ0n) is 13.6. The molecule has 7 heteroatoms. The number of carbonyl (C=O) groups excluding carboxylic acids is 1. The molecule has 122 valence electrons. The van der Waals surface area contributed by atoms with E-state index in [0.717, 1.165) is 11.3 Å². The van der Waals surface area contributed by atoms with Crippen LogP contribution in [0.15, 0.2) is 42.0 Å². The quantitative estimate of drug-likeness (QED) is 0.789. The fraction of sp³-hybridized carbons (Fsp3) is 0.235. The molecule has 0 atom stereocenters. The van der Waals surface area contributed by atoms with Gasteiger partial charge in [-0.2, -0.15) is 0 Å². The molecule has 2 heterocycles. The summed E-state index contributed by atoms with van der Waals surface area (Å²) in [6, 6.07) is 7.47. The van der Waals surface area contributed by atoms with Crippen LogP contribution in [-0.2, 0) is 5.41 Å². The summed E-state index contributed by atoms with van der Waals surface area (Å²) in [7, 11) is 0. The number of anilines is 1. The van der Waals surface area contributed by atoms with Crippen molar-refractivity contribution in [3.63, 3.8) is 0 Å². The maximum atomic E-state index is 12.4. The van der Waals surface area contributed by atoms with Crippen LogP contribution in [0.1, 0.15) is 37.0 Å². The van der Waals surface area contributed by atoms with E-state index in [-0.39, 0.29) is 11.3 Å². The molecule has 0 saturated heterocycles. The second kappa shape index (κ2) is 6.45. The third-order valence-corrected chi connectivity index (χ3v) is 3.87. The van der Waals surface area contributed by atoms with Crippen molar-refractivity contribution in [1.82, 2.24) is 19.6 Å². The number of aromatic nitrogens is 4. The molecule has 1 aromatic carbocycles. The van der Waals surface area contributed by atoms with Crippen LogP contribution in [0.3, 0.4) is 0 Å². The third-order valence-electron chi connectivity index (χ3n) is 3.36. The Labute approximate surface area is 144 Å². The molecule has 1 N–H and O–H groups in total. The zero-order chi connectivity index (χ0) is 17.2. The van der Waals surface area contributed by atoms with E-state index in [0.29, 0.717) is 17.1 Å². The van der Waals surface area contributed by atoms with Crippen molar-refractivity contribution in [3.8, 4) is 11.3 Å². The minimum atomic E-state index is -0.246. The van der Waals surface area contributed by atoms with Gasteiger partial charge in [-0.05, 0) is 23.7 Å². The molecular formula is C17H17N5OS. The van der Waals surface area contributed by atoms with E-state index in [1.807, 2.05) is 50.4 Å². The Bertz CT molecular complexity index is 838. The Morgan fingerprint density at radius 1 is 1.17 bits per heavy atom. The van der Waals surface area contributed by atoms with Gasteiger partial charge in [-0.15, -0.1) is 5.10 Å². The van der Waals surface area contributed by atoms with Gasteiger partial charge in [0.2, 0.25) is 0 Å². The van der Waals surface area contributed by atoms with Crippen molar-refractivity contribution < 1.29 is 4.79 Å². The molecule has 1 amide bonds. The molecule has 3 aromatic rings. The molecule has 0 bridgehead atoms. The van der Waals surface area contributed by atoms with Crippen LogP contribution in [0, 0.1) is 0 Å². The zero-order valence-corrected chi connectivity index (χ0v) is 14.5. The normalized spacial score (nSPS) is 11.3. The van der Waals surface area contributed by atoms with Crippen molar-refractivity contribution in [2.45, 2.75) is 26.2 Å². The van der Waals surface area contributed by atoms with Crippen molar-refractivity contribution in [1.29, 1.82) is 0 Å². The van der Waals surface area contributed by atoms with Gasteiger partial charge in [0.1, 0.15) is 11.5 Å². The number of nitrogens with zero attached hydrogens (tertiary/aromatic N) is 4. The summed E-state index contributed by atoms with van der Waals surface area (Å²) in [6.07, 6.45) is 3.11. The van der Waals surface area contributed by atoms with Crippen molar-refractivity contribution in [2.75, 3.05) is 5.32 Å². The van der Waals surface area contributed by atoms with Crippen LogP contribution in [0.25, 0.3) is 11.3 Å². The average molecular weight is 339 g/mol. The summed E-state index contributed by atoms with van der Waals surface area (Å²) in [4.78, 5) is 20.9. The maximum Gasteiger partial charge on any atom is 0.258 e. The van der Waals surface area contributed by atoms with Gasteiger partial charge in [-0.25, -0.2) is 9.97 Å². The number of amides is 1. The first-order chi connectivity index (χ1) is 11.4. The van der Waals surface area contributed by atoms with E-state index in [4.69, 9.17) is 0 Å². The van der Waals surface area contributed by atoms with Gasteiger partial charge in [-0.1, -0.05) is 37.4 Å². The summed E-state index contributed by atoms with van der Waals surface area (Å²) in [6.45, 7) is 6.09. The lowest BCUT2D eigenvalue weighted by atomic mass is 9.96. The predicted octanol–water partition coefficient (Wildman–Crippen LogP) is 3.54. The number of rotatable bonds is 3. The second-order valence-electron chi connectivity index (χ2n) is 6.37. The molecule has 0 spiro atoms. The molecule has 24 heavy (non-hydrogen) atoms. The second-order valence-corrected chi connectivity index (χ2v) is 6.98. The highest BCUT2D eigenvalue weighted by molar-refractivity contribution is 7.03. The highest BCUT2D eigenvalue weighted by Crippen LogP contribution is 2.22. The first-order valence-corrected chi connectivity index (χ1v) is 8.28. The van der Waals surface area contributed by atoms with Crippen LogP contribution in [0.4, 0.5) is 5.69 Å². The van der Waals surface area contributed by atoms with Gasteiger partial charge in [0.25, 0.3) is 5.91 Å². The molecule has 0 aliphatic rings. The van der Waals surface area contributed by atoms with E-state index in [1.54, 1.807) is 12.4 Å². The Morgan fingerprint density at radius 2 is 1.92 bits per heavy atom. The Hall–Kier alpha value is -2.67. The van der Waals surface area contributed by atoms with Gasteiger partial charge in [0, 0.05) is 34.4 Å². The van der Waals surface area contributed by atoms with Gasteiger partial charge in [-0.3, -0.25) is 4.79 Å². The van der Waals surface area contributed by atoms with Crippen molar-refractivity contribution in [3.05, 3.63) is 53.4 Å². The van der Waals surface area contributed by atoms with Crippen LogP contribution in [-0.4, -0.2) is 25.5 Å². The maximum absolute atomic E-state index is 12.4. The lowest BCUT2D eigenvalue weighted by molar-refractivity contribution is 0.102. The Morgan fingerprint density at radius 3 is 2.54 bits per heavy atom. The summed E-state index contributed by atoms with van der Waals surface area (Å²) >= 11 is 1.29. The van der Waals surface area contributed by atoms with E-state index in [2.05, 4.69) is 24.9 Å². The lowest BCUT2D eigenvalue weighted by Crippen LogP contribution is -2.18. The largest absolute Gasteiger partial charge is 0.322 e. The summed E-state index contributed by atoms with van der Waals surface area (Å²) in [5, 5.41) is 8.75. The van der Waals surface area contributed by atoms with E-state index in [1.165, 1.54) is 11.5 Å². The average Bonchev–Trinajstić information content (AvgIpc) is 3.09. The van der Waals surface area contributed by atoms with E-state index >= 15 is 0 Å². The first-order valence-electron chi connectivity index (χ1n) is 7.45. The standard InChI is InChI=1S/C17H17N5OS/c1-17(2,3)16-18-8-12(9-19-16)15(23)20-13-6-4-5-11(7-13)14-10-24-22-21-14/h4-10H,1-3H3,(H,20,23). The third kappa shape index (κ3) is 3.62. The Balaban J connectivity index is 1.76. The molecule has 0 fully saturated rings. The topological polar surface area (TPSA) is 80.7 Å². The summed E-state index contributed by atoms with van der Waals surface area (Å²) < 4.78 is 3.85. The highest BCUT2D eigenvalue weighted by atomic mass is 32.1. The fourth-order valence-electron chi connectivity index (χ4n) is 2.08. The summed E-state index contributed by atoms with van der Waals surface area (Å²) in [5.41, 5.74) is 2.65. The molecule has 6 nitrogen and oxygen atoms in total. The highest BCUT2D eigenvalue weighted by Gasteiger charge is 2.17. The fourth-order valence-corrected chi connectivity index (χ4v) is 2.55. The molecule has 0 aliphatic carbocycles. The van der Waals surface area contributed by atoms with E-state index in [9.17, 15) is 4.79 Å². The van der Waals surface area contributed by atoms with E-state index < -0.39 is 0 Å².